The fraction of sp³-hybridized carbons (Fsp3) is 0.500. The van der Waals surface area contributed by atoms with Crippen molar-refractivity contribution in [1.82, 2.24) is 0 Å². The topological polar surface area (TPSA) is 62.0 Å². The van der Waals surface area contributed by atoms with E-state index in [2.05, 4.69) is 16.6 Å². The van der Waals surface area contributed by atoms with Gasteiger partial charge in [-0.05, 0) is 6.42 Å². The van der Waals surface area contributed by atoms with Gasteiger partial charge in [0, 0.05) is 11.5 Å². The van der Waals surface area contributed by atoms with Crippen LogP contribution in [0, 0.1) is 5.92 Å². The molecule has 0 radical (unpaired) electrons. The molecule has 0 aromatic carbocycles. The van der Waals surface area contributed by atoms with Crippen molar-refractivity contribution in [3.8, 4) is 0 Å². The molecule has 0 amide bonds. The Kier molecular flexibility index (Phi) is 4.55. The molecule has 1 atom stereocenters. The molecule has 0 bridgehead atoms. The predicted molar refractivity (Wildman–Crippen MR) is 63.8 cm³/mol. The number of carboxylic acid groups (broad SMARTS) is 1. The summed E-state index contributed by atoms with van der Waals surface area (Å²) in [7, 11) is 0. The van der Waals surface area contributed by atoms with Gasteiger partial charge in [0.25, 0.3) is 0 Å². The predicted octanol–water partition coefficient (Wildman–Crippen LogP) is 1.83. The van der Waals surface area contributed by atoms with Gasteiger partial charge in [0.1, 0.15) is 0 Å². The first kappa shape index (κ1) is 12.0. The molecule has 1 N–H and O–H groups in total. The van der Waals surface area contributed by atoms with Crippen molar-refractivity contribution in [2.45, 2.75) is 13.3 Å². The first-order chi connectivity index (χ1) is 7.19. The zero-order chi connectivity index (χ0) is 11.3. The summed E-state index contributed by atoms with van der Waals surface area (Å²) in [6.07, 6.45) is 2.26. The van der Waals surface area contributed by atoms with E-state index in [-0.39, 0.29) is 0 Å². The van der Waals surface area contributed by atoms with Gasteiger partial charge in [0.2, 0.25) is 0 Å². The van der Waals surface area contributed by atoms with E-state index in [1.54, 1.807) is 6.08 Å². The van der Waals surface area contributed by atoms with Crippen LogP contribution in [0.1, 0.15) is 13.3 Å². The SMILES string of the molecule is C=CCN=C1N=C(C(CC)C(=O)O)CS1. The molecule has 0 aromatic rings. The van der Waals surface area contributed by atoms with Crippen LogP contribution in [0.5, 0.6) is 0 Å². The van der Waals surface area contributed by atoms with Crippen LogP contribution in [0.2, 0.25) is 0 Å². The molecule has 1 rings (SSSR count). The molecule has 15 heavy (non-hydrogen) atoms. The van der Waals surface area contributed by atoms with E-state index >= 15 is 0 Å². The molecule has 0 saturated heterocycles. The van der Waals surface area contributed by atoms with Crippen LogP contribution in [0.15, 0.2) is 22.6 Å². The van der Waals surface area contributed by atoms with Crippen LogP contribution in [-0.4, -0.2) is 34.3 Å². The van der Waals surface area contributed by atoms with Crippen molar-refractivity contribution in [2.75, 3.05) is 12.3 Å². The molecule has 4 nitrogen and oxygen atoms in total. The smallest absolute Gasteiger partial charge is 0.312 e. The summed E-state index contributed by atoms with van der Waals surface area (Å²) < 4.78 is 0. The maximum Gasteiger partial charge on any atom is 0.312 e. The number of thioether (sulfide) groups is 1. The van der Waals surface area contributed by atoms with Gasteiger partial charge < -0.3 is 5.11 Å². The molecule has 0 spiro atoms. The first-order valence-electron chi connectivity index (χ1n) is 4.77. The molecular formula is C10H14N2O2S. The highest BCUT2D eigenvalue weighted by Gasteiger charge is 2.26. The minimum atomic E-state index is -0.804. The molecule has 1 heterocycles. The van der Waals surface area contributed by atoms with Crippen molar-refractivity contribution in [1.29, 1.82) is 0 Å². The normalized spacial score (nSPS) is 20.1. The van der Waals surface area contributed by atoms with Gasteiger partial charge in [0.05, 0.1) is 12.5 Å². The molecule has 0 aliphatic carbocycles. The number of aliphatic imine (C=N–C) groups is 2. The summed E-state index contributed by atoms with van der Waals surface area (Å²) in [5.41, 5.74) is 0.720. The Morgan fingerprint density at radius 3 is 3.13 bits per heavy atom. The third kappa shape index (κ3) is 3.20. The quantitative estimate of drug-likeness (QED) is 0.727. The second-order valence-corrected chi connectivity index (χ2v) is 4.05. The van der Waals surface area contributed by atoms with Gasteiger partial charge >= 0.3 is 5.97 Å². The lowest BCUT2D eigenvalue weighted by atomic mass is 10.0. The number of hydrogen-bond acceptors (Lipinski definition) is 3. The summed E-state index contributed by atoms with van der Waals surface area (Å²) in [6, 6.07) is 0. The molecule has 82 valence electrons. The van der Waals surface area contributed by atoms with Gasteiger partial charge in [-0.3, -0.25) is 9.79 Å². The van der Waals surface area contributed by atoms with Gasteiger partial charge in [-0.15, -0.1) is 6.58 Å². The summed E-state index contributed by atoms with van der Waals surface area (Å²) in [5.74, 6) is -0.628. The summed E-state index contributed by atoms with van der Waals surface area (Å²) >= 11 is 1.49. The molecule has 5 heteroatoms. The van der Waals surface area contributed by atoms with Crippen LogP contribution in [-0.2, 0) is 4.79 Å². The second kappa shape index (κ2) is 5.70. The van der Waals surface area contributed by atoms with Crippen molar-refractivity contribution in [3.05, 3.63) is 12.7 Å². The van der Waals surface area contributed by atoms with E-state index in [0.29, 0.717) is 23.9 Å². The number of rotatable bonds is 5. The Morgan fingerprint density at radius 1 is 1.87 bits per heavy atom. The van der Waals surface area contributed by atoms with Crippen molar-refractivity contribution in [3.63, 3.8) is 0 Å². The van der Waals surface area contributed by atoms with Gasteiger partial charge in [-0.25, -0.2) is 4.99 Å². The highest BCUT2D eigenvalue weighted by atomic mass is 32.2. The maximum absolute atomic E-state index is 10.9. The highest BCUT2D eigenvalue weighted by molar-refractivity contribution is 8.14. The van der Waals surface area contributed by atoms with Gasteiger partial charge in [-0.1, -0.05) is 24.8 Å². The molecule has 0 saturated carbocycles. The number of nitrogens with zero attached hydrogens (tertiary/aromatic N) is 2. The minimum Gasteiger partial charge on any atom is -0.481 e. The standard InChI is InChI=1S/C10H14N2O2S/c1-3-5-11-10-12-8(6-15-10)7(4-2)9(13)14/h3,7H,1,4-6H2,2H3,(H,13,14). The Bertz CT molecular complexity index is 323. The van der Waals surface area contributed by atoms with E-state index < -0.39 is 11.9 Å². The van der Waals surface area contributed by atoms with Crippen molar-refractivity contribution in [2.24, 2.45) is 15.9 Å². The summed E-state index contributed by atoms with van der Waals surface area (Å²) in [5, 5.41) is 9.62. The Balaban J connectivity index is 2.72. The minimum absolute atomic E-state index is 0.464. The Hall–Kier alpha value is -1.10. The molecule has 0 fully saturated rings. The highest BCUT2D eigenvalue weighted by Crippen LogP contribution is 2.21. The van der Waals surface area contributed by atoms with Crippen LogP contribution in [0.25, 0.3) is 0 Å². The number of amidine groups is 1. The summed E-state index contributed by atoms with van der Waals surface area (Å²) in [6.45, 7) is 5.94. The van der Waals surface area contributed by atoms with Crippen LogP contribution < -0.4 is 0 Å². The number of aliphatic carboxylic acids is 1. The lowest BCUT2D eigenvalue weighted by Gasteiger charge is -2.06. The van der Waals surface area contributed by atoms with E-state index in [9.17, 15) is 4.79 Å². The summed E-state index contributed by atoms with van der Waals surface area (Å²) in [4.78, 5) is 19.3. The third-order valence-electron chi connectivity index (χ3n) is 2.05. The van der Waals surface area contributed by atoms with Crippen LogP contribution in [0.4, 0.5) is 0 Å². The molecule has 1 aliphatic rings. The fourth-order valence-electron chi connectivity index (χ4n) is 1.28. The van der Waals surface area contributed by atoms with E-state index in [4.69, 9.17) is 5.11 Å². The Morgan fingerprint density at radius 2 is 2.60 bits per heavy atom. The third-order valence-corrected chi connectivity index (χ3v) is 2.97. The van der Waals surface area contributed by atoms with Crippen molar-refractivity contribution >= 4 is 28.6 Å². The van der Waals surface area contributed by atoms with E-state index in [0.717, 1.165) is 5.71 Å². The van der Waals surface area contributed by atoms with Crippen LogP contribution >= 0.6 is 11.8 Å². The number of carboxylic acids is 1. The largest absolute Gasteiger partial charge is 0.481 e. The molecular weight excluding hydrogens is 212 g/mol. The fourth-order valence-corrected chi connectivity index (χ4v) is 2.17. The first-order valence-corrected chi connectivity index (χ1v) is 5.76. The molecule has 0 aromatic heterocycles. The zero-order valence-electron chi connectivity index (χ0n) is 8.64. The monoisotopic (exact) mass is 226 g/mol. The van der Waals surface area contributed by atoms with E-state index in [1.807, 2.05) is 6.92 Å². The molecule has 1 aliphatic heterocycles. The average Bonchev–Trinajstić information content (AvgIpc) is 2.64. The van der Waals surface area contributed by atoms with E-state index in [1.165, 1.54) is 11.8 Å². The lowest BCUT2D eigenvalue weighted by Crippen LogP contribution is -2.23. The zero-order valence-corrected chi connectivity index (χ0v) is 9.46. The molecule has 1 unspecified atom stereocenters. The lowest BCUT2D eigenvalue weighted by molar-refractivity contribution is -0.139. The maximum atomic E-state index is 10.9. The van der Waals surface area contributed by atoms with Gasteiger partial charge in [-0.2, -0.15) is 0 Å². The van der Waals surface area contributed by atoms with Crippen molar-refractivity contribution < 1.29 is 9.90 Å². The average molecular weight is 226 g/mol. The van der Waals surface area contributed by atoms with Crippen LogP contribution in [0.3, 0.4) is 0 Å². The number of hydrogen-bond donors (Lipinski definition) is 1. The Labute approximate surface area is 93.2 Å². The second-order valence-electron chi connectivity index (χ2n) is 3.10. The van der Waals surface area contributed by atoms with Gasteiger partial charge in [0.15, 0.2) is 5.17 Å². The number of carbonyl (C=O) groups is 1.